The molecule has 0 aliphatic carbocycles. The van der Waals surface area contributed by atoms with E-state index in [1.807, 2.05) is 18.2 Å². The molecule has 0 amide bonds. The van der Waals surface area contributed by atoms with E-state index in [0.29, 0.717) is 6.42 Å². The smallest absolute Gasteiger partial charge is 0.190 e. The molecule has 0 aliphatic heterocycles. The molecule has 0 spiro atoms. The standard InChI is InChI=1S/C10H12OS/c1-2-8-4-3-5-9(6-8)7-10(11)12/h3-6H,2,7H2,1H3,(H,11,12). The Labute approximate surface area is 78.2 Å². The average Bonchev–Trinajstić information content (AvgIpc) is 2.03. The van der Waals surface area contributed by atoms with Crippen molar-refractivity contribution in [1.82, 2.24) is 0 Å². The minimum absolute atomic E-state index is 0.0803. The number of carbonyl (C=O) groups is 1. The van der Waals surface area contributed by atoms with E-state index < -0.39 is 0 Å². The van der Waals surface area contributed by atoms with Crippen LogP contribution >= 0.6 is 12.6 Å². The van der Waals surface area contributed by atoms with Crippen LogP contribution in [0.1, 0.15) is 18.1 Å². The molecule has 0 aromatic heterocycles. The van der Waals surface area contributed by atoms with Crippen molar-refractivity contribution in [3.63, 3.8) is 0 Å². The van der Waals surface area contributed by atoms with Gasteiger partial charge >= 0.3 is 0 Å². The zero-order valence-electron chi connectivity index (χ0n) is 7.08. The Morgan fingerprint density at radius 2 is 2.08 bits per heavy atom. The maximum absolute atomic E-state index is 10.7. The Hall–Kier alpha value is -0.760. The van der Waals surface area contributed by atoms with Crippen LogP contribution in [0.4, 0.5) is 0 Å². The molecular formula is C10H12OS. The number of hydrogen-bond donors (Lipinski definition) is 1. The van der Waals surface area contributed by atoms with Crippen molar-refractivity contribution in [3.05, 3.63) is 35.4 Å². The number of aryl methyl sites for hydroxylation is 1. The van der Waals surface area contributed by atoms with Crippen LogP contribution in [0.5, 0.6) is 0 Å². The molecule has 0 saturated carbocycles. The predicted molar refractivity (Wildman–Crippen MR) is 53.5 cm³/mol. The van der Waals surface area contributed by atoms with Crippen LogP contribution in [-0.4, -0.2) is 5.12 Å². The Morgan fingerprint density at radius 3 is 2.67 bits per heavy atom. The van der Waals surface area contributed by atoms with Gasteiger partial charge in [0.1, 0.15) is 0 Å². The number of thiol groups is 1. The highest BCUT2D eigenvalue weighted by Crippen LogP contribution is 2.07. The summed E-state index contributed by atoms with van der Waals surface area (Å²) in [5.41, 5.74) is 2.32. The molecule has 1 aromatic rings. The maximum Gasteiger partial charge on any atom is 0.190 e. The average molecular weight is 180 g/mol. The Morgan fingerprint density at radius 1 is 1.42 bits per heavy atom. The molecule has 0 bridgehead atoms. The topological polar surface area (TPSA) is 17.1 Å². The van der Waals surface area contributed by atoms with Crippen molar-refractivity contribution in [2.75, 3.05) is 0 Å². The van der Waals surface area contributed by atoms with Crippen molar-refractivity contribution < 1.29 is 4.79 Å². The molecule has 0 fully saturated rings. The van der Waals surface area contributed by atoms with Crippen LogP contribution in [0.3, 0.4) is 0 Å². The number of hydrogen-bond acceptors (Lipinski definition) is 1. The second-order valence-electron chi connectivity index (χ2n) is 2.74. The van der Waals surface area contributed by atoms with Crippen LogP contribution in [-0.2, 0) is 17.6 Å². The first-order valence-corrected chi connectivity index (χ1v) is 4.46. The van der Waals surface area contributed by atoms with Crippen LogP contribution < -0.4 is 0 Å². The summed E-state index contributed by atoms with van der Waals surface area (Å²) in [6.45, 7) is 2.10. The third-order valence-corrected chi connectivity index (χ3v) is 1.91. The minimum atomic E-state index is -0.0803. The zero-order valence-corrected chi connectivity index (χ0v) is 7.97. The largest absolute Gasteiger partial charge is 0.287 e. The second kappa shape index (κ2) is 4.31. The van der Waals surface area contributed by atoms with Gasteiger partial charge in [-0.1, -0.05) is 31.2 Å². The van der Waals surface area contributed by atoms with E-state index in [2.05, 4.69) is 25.6 Å². The fourth-order valence-corrected chi connectivity index (χ4v) is 1.32. The molecule has 0 heterocycles. The molecule has 0 saturated heterocycles. The second-order valence-corrected chi connectivity index (χ2v) is 3.24. The van der Waals surface area contributed by atoms with E-state index in [-0.39, 0.29) is 5.12 Å². The molecule has 2 heteroatoms. The molecule has 64 valence electrons. The minimum Gasteiger partial charge on any atom is -0.287 e. The quantitative estimate of drug-likeness (QED) is 0.706. The first-order valence-electron chi connectivity index (χ1n) is 4.02. The van der Waals surface area contributed by atoms with Gasteiger partial charge in [0.2, 0.25) is 0 Å². The van der Waals surface area contributed by atoms with Gasteiger partial charge < -0.3 is 0 Å². The van der Waals surface area contributed by atoms with Gasteiger partial charge in [-0.2, -0.15) is 0 Å². The van der Waals surface area contributed by atoms with Gasteiger partial charge in [-0.05, 0) is 17.5 Å². The molecule has 0 unspecified atom stereocenters. The first-order chi connectivity index (χ1) is 5.72. The fraction of sp³-hybridized carbons (Fsp3) is 0.300. The highest BCUT2D eigenvalue weighted by atomic mass is 32.1. The van der Waals surface area contributed by atoms with Crippen LogP contribution in [0.25, 0.3) is 0 Å². The summed E-state index contributed by atoms with van der Waals surface area (Å²) in [4.78, 5) is 10.7. The Bertz CT molecular complexity index is 281. The van der Waals surface area contributed by atoms with E-state index >= 15 is 0 Å². The summed E-state index contributed by atoms with van der Waals surface area (Å²) >= 11 is 3.73. The SMILES string of the molecule is CCc1cccc(CC(=O)S)c1. The molecule has 1 aromatic carbocycles. The Kier molecular flexibility index (Phi) is 3.35. The van der Waals surface area contributed by atoms with Crippen molar-refractivity contribution in [1.29, 1.82) is 0 Å². The highest BCUT2D eigenvalue weighted by molar-refractivity contribution is 7.96. The molecule has 0 aliphatic rings. The van der Waals surface area contributed by atoms with E-state index in [0.717, 1.165) is 12.0 Å². The predicted octanol–water partition coefficient (Wildman–Crippen LogP) is 2.25. The van der Waals surface area contributed by atoms with Crippen molar-refractivity contribution >= 4 is 17.7 Å². The van der Waals surface area contributed by atoms with E-state index in [1.165, 1.54) is 5.56 Å². The zero-order chi connectivity index (χ0) is 8.97. The van der Waals surface area contributed by atoms with E-state index in [1.54, 1.807) is 0 Å². The molecule has 1 nitrogen and oxygen atoms in total. The normalized spacial score (nSPS) is 9.83. The van der Waals surface area contributed by atoms with E-state index in [4.69, 9.17) is 0 Å². The summed E-state index contributed by atoms with van der Waals surface area (Å²) in [5, 5.41) is -0.0803. The maximum atomic E-state index is 10.7. The molecule has 12 heavy (non-hydrogen) atoms. The first kappa shape index (κ1) is 9.33. The van der Waals surface area contributed by atoms with Gasteiger partial charge in [0, 0.05) is 6.42 Å². The molecule has 0 radical (unpaired) electrons. The lowest BCUT2D eigenvalue weighted by Gasteiger charge is -1.99. The van der Waals surface area contributed by atoms with Gasteiger partial charge in [0.05, 0.1) is 0 Å². The van der Waals surface area contributed by atoms with Crippen LogP contribution in [0.15, 0.2) is 24.3 Å². The molecular weight excluding hydrogens is 168 g/mol. The van der Waals surface area contributed by atoms with Gasteiger partial charge in [-0.25, -0.2) is 0 Å². The lowest BCUT2D eigenvalue weighted by Crippen LogP contribution is -1.94. The lowest BCUT2D eigenvalue weighted by atomic mass is 10.1. The lowest BCUT2D eigenvalue weighted by molar-refractivity contribution is -0.110. The molecule has 0 N–H and O–H groups in total. The third kappa shape index (κ3) is 2.70. The van der Waals surface area contributed by atoms with Crippen molar-refractivity contribution in [2.45, 2.75) is 19.8 Å². The molecule has 0 atom stereocenters. The van der Waals surface area contributed by atoms with Gasteiger partial charge in [0.25, 0.3) is 0 Å². The van der Waals surface area contributed by atoms with Crippen LogP contribution in [0, 0.1) is 0 Å². The summed E-state index contributed by atoms with van der Waals surface area (Å²) in [6, 6.07) is 8.04. The van der Waals surface area contributed by atoms with Crippen LogP contribution in [0.2, 0.25) is 0 Å². The molecule has 1 rings (SSSR count). The van der Waals surface area contributed by atoms with E-state index in [9.17, 15) is 4.79 Å². The van der Waals surface area contributed by atoms with Gasteiger partial charge in [-0.15, -0.1) is 12.6 Å². The highest BCUT2D eigenvalue weighted by Gasteiger charge is 1.98. The fourth-order valence-electron chi connectivity index (χ4n) is 1.13. The summed E-state index contributed by atoms with van der Waals surface area (Å²) < 4.78 is 0. The number of rotatable bonds is 3. The summed E-state index contributed by atoms with van der Waals surface area (Å²) in [7, 11) is 0. The number of carbonyl (C=O) groups excluding carboxylic acids is 1. The summed E-state index contributed by atoms with van der Waals surface area (Å²) in [6.07, 6.45) is 1.44. The van der Waals surface area contributed by atoms with Crippen molar-refractivity contribution in [3.8, 4) is 0 Å². The monoisotopic (exact) mass is 180 g/mol. The van der Waals surface area contributed by atoms with Gasteiger partial charge in [-0.3, -0.25) is 4.79 Å². The van der Waals surface area contributed by atoms with Crippen molar-refractivity contribution in [2.24, 2.45) is 0 Å². The summed E-state index contributed by atoms with van der Waals surface area (Å²) in [5.74, 6) is 0. The van der Waals surface area contributed by atoms with Gasteiger partial charge in [0.15, 0.2) is 5.12 Å². The number of benzene rings is 1. The third-order valence-electron chi connectivity index (χ3n) is 1.75. The Balaban J connectivity index is 2.79.